The number of benzene rings is 1. The van der Waals surface area contributed by atoms with E-state index in [1.807, 2.05) is 19.9 Å². The predicted octanol–water partition coefficient (Wildman–Crippen LogP) is 1.57. The highest BCUT2D eigenvalue weighted by molar-refractivity contribution is 6.01. The molecule has 0 radical (unpaired) electrons. The zero-order valence-electron chi connectivity index (χ0n) is 13.7. The van der Waals surface area contributed by atoms with Crippen molar-refractivity contribution < 1.29 is 19.2 Å². The molecule has 0 heterocycles. The maximum absolute atomic E-state index is 12.6. The smallest absolute Gasteiger partial charge is 0.254 e. The molecule has 1 rings (SSSR count). The summed E-state index contributed by atoms with van der Waals surface area (Å²) in [6.07, 6.45) is 2.35. The maximum Gasteiger partial charge on any atom is 0.254 e. The van der Waals surface area contributed by atoms with E-state index in [0.717, 1.165) is 12.0 Å². The normalized spacial score (nSPS) is 11.4. The number of carbonyl (C=O) groups is 4. The van der Waals surface area contributed by atoms with Gasteiger partial charge in [0.05, 0.1) is 5.56 Å². The van der Waals surface area contributed by atoms with E-state index in [1.165, 1.54) is 4.90 Å². The average Bonchev–Trinajstić information content (AvgIpc) is 2.57. The van der Waals surface area contributed by atoms with Crippen LogP contribution in [0.25, 0.3) is 0 Å². The van der Waals surface area contributed by atoms with Crippen molar-refractivity contribution in [3.63, 3.8) is 0 Å². The molecule has 0 saturated heterocycles. The van der Waals surface area contributed by atoms with Crippen LogP contribution >= 0.6 is 0 Å². The molecular formula is C17H22N2O4. The van der Waals surface area contributed by atoms with Crippen molar-refractivity contribution in [3.05, 3.63) is 34.9 Å². The molecule has 6 heteroatoms. The third kappa shape index (κ3) is 5.02. The van der Waals surface area contributed by atoms with Crippen LogP contribution in [-0.2, 0) is 16.0 Å². The minimum absolute atomic E-state index is 0.146. The van der Waals surface area contributed by atoms with Gasteiger partial charge in [0, 0.05) is 25.1 Å². The van der Waals surface area contributed by atoms with E-state index in [9.17, 15) is 19.2 Å². The molecule has 124 valence electrons. The number of aryl methyl sites for hydroxylation is 1. The fourth-order valence-electron chi connectivity index (χ4n) is 2.17. The Kier molecular flexibility index (Phi) is 7.12. The van der Waals surface area contributed by atoms with Gasteiger partial charge in [-0.2, -0.15) is 0 Å². The van der Waals surface area contributed by atoms with Gasteiger partial charge in [-0.1, -0.05) is 19.1 Å². The summed E-state index contributed by atoms with van der Waals surface area (Å²) in [5.41, 5.74) is 1.70. The van der Waals surface area contributed by atoms with Crippen LogP contribution in [0.4, 0.5) is 0 Å². The fraction of sp³-hybridized carbons (Fsp3) is 0.412. The molecule has 0 saturated carbocycles. The summed E-state index contributed by atoms with van der Waals surface area (Å²) >= 11 is 0. The number of amides is 3. The summed E-state index contributed by atoms with van der Waals surface area (Å²) in [6.45, 7) is 3.79. The van der Waals surface area contributed by atoms with Crippen molar-refractivity contribution in [2.24, 2.45) is 0 Å². The van der Waals surface area contributed by atoms with Crippen LogP contribution < -0.4 is 5.32 Å². The van der Waals surface area contributed by atoms with Crippen LogP contribution in [0.2, 0.25) is 0 Å². The molecule has 6 nitrogen and oxygen atoms in total. The summed E-state index contributed by atoms with van der Waals surface area (Å²) in [5, 5.41) is 2.06. The van der Waals surface area contributed by atoms with Crippen molar-refractivity contribution in [3.8, 4) is 0 Å². The fourth-order valence-corrected chi connectivity index (χ4v) is 2.17. The number of nitrogens with zero attached hydrogens (tertiary/aromatic N) is 1. The lowest BCUT2D eigenvalue weighted by molar-refractivity contribution is -0.125. The molecule has 23 heavy (non-hydrogen) atoms. The van der Waals surface area contributed by atoms with E-state index >= 15 is 0 Å². The van der Waals surface area contributed by atoms with Gasteiger partial charge in [-0.25, -0.2) is 0 Å². The number of aldehydes is 1. The number of imide groups is 1. The molecular weight excluding hydrogens is 296 g/mol. The van der Waals surface area contributed by atoms with Crippen LogP contribution in [-0.4, -0.2) is 42.5 Å². The first-order valence-electron chi connectivity index (χ1n) is 7.52. The average molecular weight is 318 g/mol. The first-order valence-corrected chi connectivity index (χ1v) is 7.52. The molecule has 0 bridgehead atoms. The van der Waals surface area contributed by atoms with E-state index in [0.29, 0.717) is 30.2 Å². The van der Waals surface area contributed by atoms with E-state index in [2.05, 4.69) is 5.32 Å². The number of carbonyl (C=O) groups excluding carboxylic acids is 4. The minimum Gasteiger partial charge on any atom is -0.339 e. The summed E-state index contributed by atoms with van der Waals surface area (Å²) < 4.78 is 0. The third-order valence-corrected chi connectivity index (χ3v) is 3.87. The third-order valence-electron chi connectivity index (χ3n) is 3.87. The van der Waals surface area contributed by atoms with E-state index in [-0.39, 0.29) is 24.3 Å². The SMILES string of the molecule is CCc1ccc(C=O)c(C(=O)N(C)C(C)CCC(=O)NC=O)c1. The van der Waals surface area contributed by atoms with Crippen molar-refractivity contribution in [1.29, 1.82) is 0 Å². The monoisotopic (exact) mass is 318 g/mol. The van der Waals surface area contributed by atoms with Gasteiger partial charge in [0.2, 0.25) is 12.3 Å². The van der Waals surface area contributed by atoms with Crippen molar-refractivity contribution in [2.45, 2.75) is 39.2 Å². The molecule has 0 aliphatic carbocycles. The van der Waals surface area contributed by atoms with Crippen molar-refractivity contribution >= 4 is 24.5 Å². The number of hydrogen-bond acceptors (Lipinski definition) is 4. The van der Waals surface area contributed by atoms with Gasteiger partial charge in [0.25, 0.3) is 5.91 Å². The Labute approximate surface area is 135 Å². The molecule has 0 fully saturated rings. The molecule has 1 aromatic rings. The van der Waals surface area contributed by atoms with Crippen LogP contribution in [0, 0.1) is 0 Å². The molecule has 1 aromatic carbocycles. The number of rotatable bonds is 8. The Balaban J connectivity index is 2.84. The zero-order valence-corrected chi connectivity index (χ0v) is 13.7. The molecule has 0 aromatic heterocycles. The van der Waals surface area contributed by atoms with Crippen LogP contribution in [0.1, 0.15) is 53.0 Å². The lowest BCUT2D eigenvalue weighted by atomic mass is 10.0. The molecule has 0 aliphatic heterocycles. The van der Waals surface area contributed by atoms with Gasteiger partial charge >= 0.3 is 0 Å². The minimum atomic E-state index is -0.380. The van der Waals surface area contributed by atoms with Gasteiger partial charge in [0.15, 0.2) is 6.29 Å². The van der Waals surface area contributed by atoms with Gasteiger partial charge in [-0.05, 0) is 31.4 Å². The highest BCUT2D eigenvalue weighted by Crippen LogP contribution is 2.16. The Morgan fingerprint density at radius 3 is 2.57 bits per heavy atom. The van der Waals surface area contributed by atoms with E-state index < -0.39 is 0 Å². The highest BCUT2D eigenvalue weighted by atomic mass is 16.2. The van der Waals surface area contributed by atoms with Crippen LogP contribution in [0.3, 0.4) is 0 Å². The molecule has 3 amide bonds. The molecule has 1 N–H and O–H groups in total. The van der Waals surface area contributed by atoms with Crippen molar-refractivity contribution in [1.82, 2.24) is 10.2 Å². The predicted molar refractivity (Wildman–Crippen MR) is 86.2 cm³/mol. The Morgan fingerprint density at radius 1 is 1.30 bits per heavy atom. The second-order valence-corrected chi connectivity index (χ2v) is 5.38. The molecule has 1 unspecified atom stereocenters. The Morgan fingerprint density at radius 2 is 2.00 bits per heavy atom. The van der Waals surface area contributed by atoms with Crippen LogP contribution in [0.15, 0.2) is 18.2 Å². The molecule has 1 atom stereocenters. The van der Waals surface area contributed by atoms with Gasteiger partial charge < -0.3 is 4.90 Å². The van der Waals surface area contributed by atoms with E-state index in [1.54, 1.807) is 19.2 Å². The van der Waals surface area contributed by atoms with E-state index in [4.69, 9.17) is 0 Å². The summed E-state index contributed by atoms with van der Waals surface area (Å²) in [7, 11) is 1.64. The van der Waals surface area contributed by atoms with Crippen LogP contribution in [0.5, 0.6) is 0 Å². The Hall–Kier alpha value is -2.50. The first-order chi connectivity index (χ1) is 10.9. The quantitative estimate of drug-likeness (QED) is 0.738. The highest BCUT2D eigenvalue weighted by Gasteiger charge is 2.21. The lowest BCUT2D eigenvalue weighted by Crippen LogP contribution is -2.36. The second kappa shape index (κ2) is 8.82. The number of nitrogens with one attached hydrogen (secondary N) is 1. The first kappa shape index (κ1) is 18.5. The van der Waals surface area contributed by atoms with Gasteiger partial charge in [-0.15, -0.1) is 0 Å². The van der Waals surface area contributed by atoms with Gasteiger partial charge in [0.1, 0.15) is 0 Å². The Bertz CT molecular complexity index is 598. The maximum atomic E-state index is 12.6. The standard InChI is InChI=1S/C17H22N2O4/c1-4-13-6-7-14(10-20)15(9-13)17(23)19(3)12(2)5-8-16(22)18-11-21/h6-7,9-12H,4-5,8H2,1-3H3,(H,18,21,22). The van der Waals surface area contributed by atoms with Gasteiger partial charge in [-0.3, -0.25) is 24.5 Å². The molecule has 0 spiro atoms. The topological polar surface area (TPSA) is 83.6 Å². The second-order valence-electron chi connectivity index (χ2n) is 5.38. The summed E-state index contributed by atoms with van der Waals surface area (Å²) in [5.74, 6) is -0.639. The zero-order chi connectivity index (χ0) is 17.4. The lowest BCUT2D eigenvalue weighted by Gasteiger charge is -2.25. The summed E-state index contributed by atoms with van der Waals surface area (Å²) in [4.78, 5) is 46.8. The van der Waals surface area contributed by atoms with Crippen molar-refractivity contribution in [2.75, 3.05) is 7.05 Å². The summed E-state index contributed by atoms with van der Waals surface area (Å²) in [6, 6.07) is 5.00. The number of hydrogen-bond donors (Lipinski definition) is 1. The largest absolute Gasteiger partial charge is 0.339 e. The molecule has 0 aliphatic rings.